The first-order chi connectivity index (χ1) is 14.3. The van der Waals surface area contributed by atoms with Crippen LogP contribution in [0.25, 0.3) is 0 Å². The van der Waals surface area contributed by atoms with Crippen LogP contribution in [0.3, 0.4) is 0 Å². The molecule has 2 fully saturated rings. The van der Waals surface area contributed by atoms with E-state index >= 15 is 0 Å². The second-order valence-electron chi connectivity index (χ2n) is 8.23. The molecule has 2 N–H and O–H groups in total. The SMILES string of the molecule is COc1ccc([C@]2(C)NC(=O)N([C@@H](C)C(=O)NCC3CCCCC3)C2=O)cc1OC. The van der Waals surface area contributed by atoms with E-state index in [2.05, 4.69) is 10.6 Å². The molecule has 164 valence electrons. The molecule has 0 bridgehead atoms. The smallest absolute Gasteiger partial charge is 0.326 e. The molecule has 1 heterocycles. The molecule has 2 aliphatic rings. The zero-order valence-electron chi connectivity index (χ0n) is 18.1. The monoisotopic (exact) mass is 417 g/mol. The lowest BCUT2D eigenvalue weighted by atomic mass is 9.89. The number of imide groups is 1. The second-order valence-corrected chi connectivity index (χ2v) is 8.23. The van der Waals surface area contributed by atoms with Crippen LogP contribution in [0.2, 0.25) is 0 Å². The zero-order valence-corrected chi connectivity index (χ0v) is 18.1. The van der Waals surface area contributed by atoms with Crippen LogP contribution in [0.15, 0.2) is 18.2 Å². The van der Waals surface area contributed by atoms with Gasteiger partial charge in [-0.15, -0.1) is 0 Å². The van der Waals surface area contributed by atoms with Crippen molar-refractivity contribution in [3.8, 4) is 11.5 Å². The summed E-state index contributed by atoms with van der Waals surface area (Å²) in [5.74, 6) is 0.652. The van der Waals surface area contributed by atoms with Crippen molar-refractivity contribution < 1.29 is 23.9 Å². The lowest BCUT2D eigenvalue weighted by Crippen LogP contribution is -2.50. The van der Waals surface area contributed by atoms with Gasteiger partial charge >= 0.3 is 6.03 Å². The summed E-state index contributed by atoms with van der Waals surface area (Å²) in [5, 5.41) is 5.66. The Hall–Kier alpha value is -2.77. The highest BCUT2D eigenvalue weighted by molar-refractivity contribution is 6.10. The normalized spacial score (nSPS) is 23.1. The molecule has 8 nitrogen and oxygen atoms in total. The molecule has 0 unspecified atom stereocenters. The molecule has 0 spiro atoms. The summed E-state index contributed by atoms with van der Waals surface area (Å²) < 4.78 is 10.6. The van der Waals surface area contributed by atoms with Gasteiger partial charge in [-0.25, -0.2) is 9.69 Å². The van der Waals surface area contributed by atoms with Crippen molar-refractivity contribution in [1.82, 2.24) is 15.5 Å². The average molecular weight is 418 g/mol. The van der Waals surface area contributed by atoms with E-state index in [0.29, 0.717) is 29.5 Å². The molecule has 0 aromatic heterocycles. The van der Waals surface area contributed by atoms with E-state index in [1.54, 1.807) is 32.0 Å². The van der Waals surface area contributed by atoms with Gasteiger partial charge in [0.1, 0.15) is 11.6 Å². The number of ether oxygens (including phenoxy) is 2. The summed E-state index contributed by atoms with van der Waals surface area (Å²) in [6.45, 7) is 3.79. The standard InChI is InChI=1S/C22H31N3O5/c1-14(19(26)23-13-15-8-6-5-7-9-15)25-20(27)22(2,24-21(25)28)16-10-11-17(29-3)18(12-16)30-4/h10-12,14-15H,5-9,13H2,1-4H3,(H,23,26)(H,24,28)/t14-,22-/m0/s1. The Kier molecular flexibility index (Phi) is 6.53. The van der Waals surface area contributed by atoms with Crippen LogP contribution < -0.4 is 20.1 Å². The second kappa shape index (κ2) is 8.93. The van der Waals surface area contributed by atoms with Gasteiger partial charge in [-0.05, 0) is 50.3 Å². The number of hydrogen-bond donors (Lipinski definition) is 2. The van der Waals surface area contributed by atoms with Crippen molar-refractivity contribution in [3.05, 3.63) is 23.8 Å². The average Bonchev–Trinajstić information content (AvgIpc) is 3.00. The molecule has 0 radical (unpaired) electrons. The number of methoxy groups -OCH3 is 2. The van der Waals surface area contributed by atoms with E-state index in [9.17, 15) is 14.4 Å². The minimum Gasteiger partial charge on any atom is -0.493 e. The Bertz CT molecular complexity index is 821. The van der Waals surface area contributed by atoms with E-state index in [4.69, 9.17) is 9.47 Å². The predicted octanol–water partition coefficient (Wildman–Crippen LogP) is 2.56. The molecule has 1 aromatic rings. The van der Waals surface area contributed by atoms with Crippen molar-refractivity contribution in [2.24, 2.45) is 5.92 Å². The molecule has 1 saturated heterocycles. The lowest BCUT2D eigenvalue weighted by Gasteiger charge is -2.26. The molecule has 8 heteroatoms. The van der Waals surface area contributed by atoms with Crippen LogP contribution in [-0.4, -0.2) is 49.6 Å². The maximum atomic E-state index is 13.2. The molecule has 1 saturated carbocycles. The molecule has 30 heavy (non-hydrogen) atoms. The van der Waals surface area contributed by atoms with Crippen molar-refractivity contribution in [3.63, 3.8) is 0 Å². The number of amides is 4. The van der Waals surface area contributed by atoms with Crippen LogP contribution in [0.4, 0.5) is 4.79 Å². The fourth-order valence-corrected chi connectivity index (χ4v) is 4.26. The molecule has 4 amide bonds. The van der Waals surface area contributed by atoms with E-state index in [0.717, 1.165) is 17.7 Å². The number of carbonyl (C=O) groups excluding carboxylic acids is 3. The van der Waals surface area contributed by atoms with Gasteiger partial charge in [0.05, 0.1) is 14.2 Å². The summed E-state index contributed by atoms with van der Waals surface area (Å²) in [4.78, 5) is 39.6. The third-order valence-corrected chi connectivity index (χ3v) is 6.24. The molecular formula is C22H31N3O5. The van der Waals surface area contributed by atoms with Crippen molar-refractivity contribution in [2.45, 2.75) is 57.5 Å². The van der Waals surface area contributed by atoms with Gasteiger partial charge in [-0.2, -0.15) is 0 Å². The third-order valence-electron chi connectivity index (χ3n) is 6.24. The third kappa shape index (κ3) is 4.08. The summed E-state index contributed by atoms with van der Waals surface area (Å²) in [6, 6.07) is 3.56. The Labute approximate surface area is 177 Å². The first kappa shape index (κ1) is 21.9. The first-order valence-electron chi connectivity index (χ1n) is 10.5. The van der Waals surface area contributed by atoms with Gasteiger partial charge in [-0.1, -0.05) is 25.3 Å². The number of carbonyl (C=O) groups is 3. The van der Waals surface area contributed by atoms with Crippen LogP contribution in [0.1, 0.15) is 51.5 Å². The fourth-order valence-electron chi connectivity index (χ4n) is 4.26. The van der Waals surface area contributed by atoms with E-state index in [1.165, 1.54) is 33.5 Å². The first-order valence-corrected chi connectivity index (χ1v) is 10.5. The minimum atomic E-state index is -1.30. The summed E-state index contributed by atoms with van der Waals surface area (Å²) in [6.07, 6.45) is 5.84. The van der Waals surface area contributed by atoms with Crippen molar-refractivity contribution in [2.75, 3.05) is 20.8 Å². The van der Waals surface area contributed by atoms with Crippen LogP contribution in [0.5, 0.6) is 11.5 Å². The largest absolute Gasteiger partial charge is 0.493 e. The van der Waals surface area contributed by atoms with Gasteiger partial charge in [0.15, 0.2) is 11.5 Å². The highest BCUT2D eigenvalue weighted by Crippen LogP contribution is 2.36. The van der Waals surface area contributed by atoms with Gasteiger partial charge in [0, 0.05) is 6.54 Å². The van der Waals surface area contributed by atoms with Gasteiger partial charge < -0.3 is 20.1 Å². The quantitative estimate of drug-likeness (QED) is 0.665. The van der Waals surface area contributed by atoms with E-state index in [1.807, 2.05) is 0 Å². The Balaban J connectivity index is 1.73. The Morgan fingerprint density at radius 3 is 2.50 bits per heavy atom. The van der Waals surface area contributed by atoms with Crippen molar-refractivity contribution in [1.29, 1.82) is 0 Å². The number of urea groups is 1. The number of benzene rings is 1. The topological polar surface area (TPSA) is 97.0 Å². The van der Waals surface area contributed by atoms with E-state index < -0.39 is 23.5 Å². The summed E-state index contributed by atoms with van der Waals surface area (Å²) in [5.41, 5.74) is -0.745. The van der Waals surface area contributed by atoms with Crippen LogP contribution in [-0.2, 0) is 15.1 Å². The Morgan fingerprint density at radius 2 is 1.87 bits per heavy atom. The van der Waals surface area contributed by atoms with Crippen LogP contribution >= 0.6 is 0 Å². The number of rotatable bonds is 7. The Morgan fingerprint density at radius 1 is 1.20 bits per heavy atom. The zero-order chi connectivity index (χ0) is 21.9. The predicted molar refractivity (Wildman–Crippen MR) is 111 cm³/mol. The number of nitrogens with zero attached hydrogens (tertiary/aromatic N) is 1. The lowest BCUT2D eigenvalue weighted by molar-refractivity contribution is -0.137. The highest BCUT2D eigenvalue weighted by atomic mass is 16.5. The fraction of sp³-hybridized carbons (Fsp3) is 0.591. The summed E-state index contributed by atoms with van der Waals surface area (Å²) >= 11 is 0. The maximum absolute atomic E-state index is 13.2. The van der Waals surface area contributed by atoms with Crippen molar-refractivity contribution >= 4 is 17.8 Å². The van der Waals surface area contributed by atoms with Gasteiger partial charge in [0.2, 0.25) is 5.91 Å². The highest BCUT2D eigenvalue weighted by Gasteiger charge is 2.52. The maximum Gasteiger partial charge on any atom is 0.326 e. The molecule has 3 rings (SSSR count). The number of nitrogens with one attached hydrogen (secondary N) is 2. The molecular weight excluding hydrogens is 386 g/mol. The molecule has 1 aliphatic carbocycles. The van der Waals surface area contributed by atoms with Gasteiger partial charge in [0.25, 0.3) is 5.91 Å². The summed E-state index contributed by atoms with van der Waals surface area (Å²) in [7, 11) is 3.03. The van der Waals surface area contributed by atoms with E-state index in [-0.39, 0.29) is 5.91 Å². The molecule has 1 aromatic carbocycles. The minimum absolute atomic E-state index is 0.319. The molecule has 2 atom stereocenters. The van der Waals surface area contributed by atoms with Gasteiger partial charge in [-0.3, -0.25) is 9.59 Å². The van der Waals surface area contributed by atoms with Crippen LogP contribution in [0, 0.1) is 5.92 Å². The number of hydrogen-bond acceptors (Lipinski definition) is 5. The molecule has 1 aliphatic heterocycles.